The largest absolute Gasteiger partial charge is 0.353 e. The van der Waals surface area contributed by atoms with Crippen LogP contribution in [0.1, 0.15) is 32.6 Å². The summed E-state index contributed by atoms with van der Waals surface area (Å²) in [5, 5.41) is 14.3. The van der Waals surface area contributed by atoms with Gasteiger partial charge in [-0.25, -0.2) is 0 Å². The lowest BCUT2D eigenvalue weighted by Gasteiger charge is -2.33. The number of nitrogens with one attached hydrogen (secondary N) is 2. The van der Waals surface area contributed by atoms with Crippen LogP contribution < -0.4 is 10.6 Å². The molecule has 14 heavy (non-hydrogen) atoms. The molecule has 1 aliphatic heterocycles. The molecule has 4 nitrogen and oxygen atoms in total. The number of nitriles is 1. The minimum Gasteiger partial charge on any atom is -0.353 e. The molecule has 1 heterocycles. The van der Waals surface area contributed by atoms with E-state index in [0.717, 1.165) is 25.8 Å². The summed E-state index contributed by atoms with van der Waals surface area (Å²) in [6.07, 6.45) is 3.49. The minimum absolute atomic E-state index is 0.0208. The highest BCUT2D eigenvalue weighted by molar-refractivity contribution is 5.85. The maximum Gasteiger partial charge on any atom is 0.240 e. The Morgan fingerprint density at radius 2 is 2.43 bits per heavy atom. The van der Waals surface area contributed by atoms with E-state index in [1.54, 1.807) is 0 Å². The Balaban J connectivity index is 2.38. The van der Waals surface area contributed by atoms with Crippen molar-refractivity contribution in [3.63, 3.8) is 0 Å². The Morgan fingerprint density at radius 3 is 3.00 bits per heavy atom. The van der Waals surface area contributed by atoms with Crippen LogP contribution in [0.3, 0.4) is 0 Å². The highest BCUT2D eigenvalue weighted by Gasteiger charge is 2.33. The number of hydrogen-bond donors (Lipinski definition) is 2. The van der Waals surface area contributed by atoms with Crippen molar-refractivity contribution in [3.05, 3.63) is 0 Å². The maximum atomic E-state index is 11.7. The molecule has 1 rings (SSSR count). The van der Waals surface area contributed by atoms with Gasteiger partial charge in [0.05, 0.1) is 18.0 Å². The third-order valence-corrected chi connectivity index (χ3v) is 2.64. The van der Waals surface area contributed by atoms with Crippen molar-refractivity contribution in [3.8, 4) is 6.07 Å². The molecule has 0 aliphatic carbocycles. The SMILES string of the molecule is CC1(C(=O)NCCC#N)CCCCN1. The summed E-state index contributed by atoms with van der Waals surface area (Å²) in [6, 6.07) is 2.00. The highest BCUT2D eigenvalue weighted by atomic mass is 16.2. The molecule has 0 spiro atoms. The van der Waals surface area contributed by atoms with Crippen molar-refractivity contribution in [2.75, 3.05) is 13.1 Å². The van der Waals surface area contributed by atoms with Crippen LogP contribution in [-0.4, -0.2) is 24.5 Å². The molecule has 1 amide bonds. The van der Waals surface area contributed by atoms with E-state index in [1.807, 2.05) is 13.0 Å². The van der Waals surface area contributed by atoms with E-state index < -0.39 is 5.54 Å². The van der Waals surface area contributed by atoms with E-state index in [9.17, 15) is 4.79 Å². The van der Waals surface area contributed by atoms with Crippen molar-refractivity contribution in [2.45, 2.75) is 38.1 Å². The lowest BCUT2D eigenvalue weighted by Crippen LogP contribution is -2.57. The van der Waals surface area contributed by atoms with Crippen LogP contribution in [0.15, 0.2) is 0 Å². The summed E-state index contributed by atoms with van der Waals surface area (Å²) in [7, 11) is 0. The Morgan fingerprint density at radius 1 is 1.64 bits per heavy atom. The summed E-state index contributed by atoms with van der Waals surface area (Å²) in [5.74, 6) is 0.0208. The van der Waals surface area contributed by atoms with E-state index in [-0.39, 0.29) is 5.91 Å². The quantitative estimate of drug-likeness (QED) is 0.646. The monoisotopic (exact) mass is 195 g/mol. The second kappa shape index (κ2) is 4.97. The third-order valence-electron chi connectivity index (χ3n) is 2.64. The third kappa shape index (κ3) is 2.71. The van der Waals surface area contributed by atoms with Gasteiger partial charge in [-0.15, -0.1) is 0 Å². The van der Waals surface area contributed by atoms with Crippen molar-refractivity contribution < 1.29 is 4.79 Å². The zero-order valence-corrected chi connectivity index (χ0v) is 8.60. The highest BCUT2D eigenvalue weighted by Crippen LogP contribution is 2.18. The zero-order chi connectivity index (χ0) is 10.4. The fourth-order valence-electron chi connectivity index (χ4n) is 1.68. The first-order valence-electron chi connectivity index (χ1n) is 5.09. The Bertz CT molecular complexity index is 238. The number of piperidine rings is 1. The van der Waals surface area contributed by atoms with Gasteiger partial charge in [0.15, 0.2) is 0 Å². The smallest absolute Gasteiger partial charge is 0.240 e. The summed E-state index contributed by atoms with van der Waals surface area (Å²) < 4.78 is 0. The lowest BCUT2D eigenvalue weighted by atomic mass is 9.90. The van der Waals surface area contributed by atoms with Crippen LogP contribution in [-0.2, 0) is 4.79 Å². The van der Waals surface area contributed by atoms with Gasteiger partial charge in [-0.3, -0.25) is 4.79 Å². The molecular formula is C10H17N3O. The van der Waals surface area contributed by atoms with Gasteiger partial charge in [0.2, 0.25) is 5.91 Å². The zero-order valence-electron chi connectivity index (χ0n) is 8.60. The molecule has 0 aromatic rings. The van der Waals surface area contributed by atoms with Crippen LogP contribution >= 0.6 is 0 Å². The first-order valence-corrected chi connectivity index (χ1v) is 5.09. The Hall–Kier alpha value is -1.08. The van der Waals surface area contributed by atoms with Gasteiger partial charge in [0.25, 0.3) is 0 Å². The van der Waals surface area contributed by atoms with E-state index in [0.29, 0.717) is 13.0 Å². The van der Waals surface area contributed by atoms with Crippen LogP contribution in [0.2, 0.25) is 0 Å². The average molecular weight is 195 g/mol. The van der Waals surface area contributed by atoms with Gasteiger partial charge >= 0.3 is 0 Å². The molecule has 2 N–H and O–H groups in total. The summed E-state index contributed by atoms with van der Waals surface area (Å²) in [6.45, 7) is 3.28. The van der Waals surface area contributed by atoms with E-state index in [2.05, 4.69) is 10.6 Å². The van der Waals surface area contributed by atoms with Gasteiger partial charge in [-0.05, 0) is 32.7 Å². The normalized spacial score (nSPS) is 26.6. The lowest BCUT2D eigenvalue weighted by molar-refractivity contribution is -0.127. The van der Waals surface area contributed by atoms with Crippen LogP contribution in [0, 0.1) is 11.3 Å². The summed E-state index contributed by atoms with van der Waals surface area (Å²) in [5.41, 5.74) is -0.423. The van der Waals surface area contributed by atoms with Crippen LogP contribution in [0.5, 0.6) is 0 Å². The maximum absolute atomic E-state index is 11.7. The Kier molecular flexibility index (Phi) is 3.90. The van der Waals surface area contributed by atoms with Gasteiger partial charge in [0, 0.05) is 6.54 Å². The molecule has 0 aromatic carbocycles. The number of nitrogens with zero attached hydrogens (tertiary/aromatic N) is 1. The summed E-state index contributed by atoms with van der Waals surface area (Å²) in [4.78, 5) is 11.7. The van der Waals surface area contributed by atoms with Crippen molar-refractivity contribution in [2.24, 2.45) is 0 Å². The summed E-state index contributed by atoms with van der Waals surface area (Å²) >= 11 is 0. The molecule has 1 aliphatic rings. The van der Waals surface area contributed by atoms with Crippen LogP contribution in [0.25, 0.3) is 0 Å². The van der Waals surface area contributed by atoms with Crippen molar-refractivity contribution in [1.82, 2.24) is 10.6 Å². The molecule has 1 fully saturated rings. The molecule has 78 valence electrons. The molecule has 1 unspecified atom stereocenters. The average Bonchev–Trinajstić information content (AvgIpc) is 2.19. The van der Waals surface area contributed by atoms with E-state index in [4.69, 9.17) is 5.26 Å². The molecule has 0 bridgehead atoms. The second-order valence-electron chi connectivity index (χ2n) is 3.88. The molecule has 1 saturated heterocycles. The van der Waals surface area contributed by atoms with Crippen molar-refractivity contribution >= 4 is 5.91 Å². The molecule has 0 aromatic heterocycles. The number of carbonyl (C=O) groups excluding carboxylic acids is 1. The molecule has 0 saturated carbocycles. The fourth-order valence-corrected chi connectivity index (χ4v) is 1.68. The van der Waals surface area contributed by atoms with Crippen molar-refractivity contribution in [1.29, 1.82) is 5.26 Å². The predicted molar refractivity (Wildman–Crippen MR) is 53.5 cm³/mol. The van der Waals surface area contributed by atoms with Gasteiger partial charge in [-0.1, -0.05) is 0 Å². The first kappa shape index (κ1) is 11.0. The molecule has 1 atom stereocenters. The molecule has 4 heteroatoms. The van der Waals surface area contributed by atoms with Gasteiger partial charge in [0.1, 0.15) is 0 Å². The topological polar surface area (TPSA) is 64.9 Å². The number of amides is 1. The Labute approximate surface area is 84.7 Å². The standard InChI is InChI=1S/C10H17N3O/c1-10(5-2-3-8-13-10)9(14)12-7-4-6-11/h13H,2-5,7-8H2,1H3,(H,12,14). The van der Waals surface area contributed by atoms with Gasteiger partial charge in [-0.2, -0.15) is 5.26 Å². The second-order valence-corrected chi connectivity index (χ2v) is 3.88. The molecule has 0 radical (unpaired) electrons. The minimum atomic E-state index is -0.423. The number of carbonyl (C=O) groups is 1. The fraction of sp³-hybridized carbons (Fsp3) is 0.800. The predicted octanol–water partition coefficient (Wildman–Crippen LogP) is 0.548. The van der Waals surface area contributed by atoms with Crippen LogP contribution in [0.4, 0.5) is 0 Å². The molecular weight excluding hydrogens is 178 g/mol. The van der Waals surface area contributed by atoms with Gasteiger partial charge < -0.3 is 10.6 Å². The van der Waals surface area contributed by atoms with E-state index in [1.165, 1.54) is 0 Å². The number of hydrogen-bond acceptors (Lipinski definition) is 3. The number of rotatable bonds is 3. The first-order chi connectivity index (χ1) is 6.69. The van der Waals surface area contributed by atoms with E-state index >= 15 is 0 Å².